The average Bonchev–Trinajstić information content (AvgIpc) is 2.48. The summed E-state index contributed by atoms with van der Waals surface area (Å²) in [5, 5.41) is 19.5. The van der Waals surface area contributed by atoms with Gasteiger partial charge in [0.15, 0.2) is 0 Å². The van der Waals surface area contributed by atoms with E-state index < -0.39 is 43.4 Å². The Morgan fingerprint density at radius 1 is 0.876 bits per heavy atom. The van der Waals surface area contributed by atoms with E-state index in [0.717, 1.165) is 81.7 Å². The van der Waals surface area contributed by atoms with Gasteiger partial charge in [-0.15, -0.1) is 0 Å². The molecule has 6 aliphatic rings. The van der Waals surface area contributed by atoms with Crippen LogP contribution in [0.5, 0.6) is 17.2 Å². The van der Waals surface area contributed by atoms with Crippen LogP contribution in [0.3, 0.4) is 0 Å². The zero-order valence-corrected chi connectivity index (χ0v) is 51.4. The molecule has 22 nitrogen and oxygen atoms in total. The summed E-state index contributed by atoms with van der Waals surface area (Å²) in [6.45, 7) is 11.1. The Bertz CT molecular complexity index is 3900. The summed E-state index contributed by atoms with van der Waals surface area (Å²) < 4.78 is 42.7. The molecule has 5 amide bonds. The van der Waals surface area contributed by atoms with Crippen molar-refractivity contribution in [3.05, 3.63) is 146 Å². The lowest BCUT2D eigenvalue weighted by Crippen LogP contribution is -2.54. The van der Waals surface area contributed by atoms with Gasteiger partial charge in [0.25, 0.3) is 27.5 Å². The predicted octanol–water partition coefficient (Wildman–Crippen LogP) is 8.78. The Morgan fingerprint density at radius 2 is 1.67 bits per heavy atom. The summed E-state index contributed by atoms with van der Waals surface area (Å²) in [6, 6.07) is 25.0. The fourth-order valence-electron chi connectivity index (χ4n) is 13.4. The molecule has 2 aromatic heterocycles. The van der Waals surface area contributed by atoms with Crippen LogP contribution in [0, 0.1) is 21.4 Å². The highest BCUT2D eigenvalue weighted by Crippen LogP contribution is 2.44. The highest BCUT2D eigenvalue weighted by atomic mass is 35.5. The molecule has 2 aliphatic carbocycles. The first kappa shape index (κ1) is 60.9. The van der Waals surface area contributed by atoms with E-state index in [1.807, 2.05) is 18.2 Å². The van der Waals surface area contributed by atoms with Crippen LogP contribution in [0.2, 0.25) is 5.02 Å². The topological polar surface area (TPSA) is 262 Å². The first-order chi connectivity index (χ1) is 42.8. The number of nitro groups is 1. The van der Waals surface area contributed by atoms with E-state index in [2.05, 4.69) is 66.0 Å². The third-order valence-electron chi connectivity index (χ3n) is 18.5. The Hall–Kier alpha value is -8.38. The van der Waals surface area contributed by atoms with Crippen LogP contribution in [0.4, 0.5) is 17.1 Å². The number of amides is 5. The van der Waals surface area contributed by atoms with Gasteiger partial charge in [-0.25, -0.2) is 18.1 Å². The number of piperazine rings is 2. The number of allylic oxidation sites excluding steroid dienone is 1. The minimum atomic E-state index is -4.65. The second-order valence-electron chi connectivity index (χ2n) is 24.9. The molecule has 4 fully saturated rings. The van der Waals surface area contributed by atoms with Crippen molar-refractivity contribution in [3.8, 4) is 17.2 Å². The highest BCUT2D eigenvalue weighted by Gasteiger charge is 2.41. The number of benzene rings is 4. The van der Waals surface area contributed by atoms with Crippen LogP contribution in [0.25, 0.3) is 16.6 Å². The van der Waals surface area contributed by atoms with E-state index in [0.29, 0.717) is 72.6 Å². The van der Waals surface area contributed by atoms with E-state index >= 15 is 0 Å². The Labute approximate surface area is 521 Å². The number of hydrogen-bond acceptors (Lipinski definition) is 16. The number of imide groups is 1. The van der Waals surface area contributed by atoms with Crippen LogP contribution in [-0.4, -0.2) is 157 Å². The number of carbonyl (C=O) groups excluding carboxylic acids is 5. The number of hydrogen-bond donors (Lipinski definition) is 4. The number of nitrogens with one attached hydrogen (secondary N) is 4. The van der Waals surface area contributed by atoms with Gasteiger partial charge in [-0.2, -0.15) is 0 Å². The molecule has 0 spiro atoms. The van der Waals surface area contributed by atoms with Gasteiger partial charge in [0.05, 0.1) is 41.2 Å². The lowest BCUT2D eigenvalue weighted by atomic mass is 9.72. The van der Waals surface area contributed by atoms with Crippen molar-refractivity contribution in [1.29, 1.82) is 0 Å². The number of nitro benzene ring substituents is 1. The summed E-state index contributed by atoms with van der Waals surface area (Å²) in [5.74, 6) is -1.01. The highest BCUT2D eigenvalue weighted by molar-refractivity contribution is 7.90. The van der Waals surface area contributed by atoms with Crippen LogP contribution < -0.4 is 29.7 Å². The SMILES string of the molecule is CC1(C)CCC(CN2CCN(c3ccc(C(=O)NS(=O)(=O)c4ccc(NCC5CCC(N6CCN(CCOc7cccc8c7CN(C7CCC(=O)NC7=O)C8=O)C(=O)C6)CC5)c([N+](=O)[O-])c4)c(Oc4cnc5[nH]ccc5c4)c3)CC2)=C(c2ccc(Cl)cc2)C1. The standard InChI is InChI=1S/C65H72ClN11O11S/c1-65(2)22-20-44(52(35-65)42-8-10-45(66)11-9-42)38-72-24-26-73(27-25-72)47-14-16-51(58(33-47)88-48-32-43-21-23-67-61(43)69-37-48)62(80)71-89(85,86)49-15-17-54(56(34-49)77(83)84)68-36-41-6-12-46(13-7-41)75-29-28-74(60(79)40-75)30-31-87-57-5-3-4-50-53(57)39-76(64(50)82)55-18-19-59(78)70-63(55)81/h3-5,8-11,14-17,21,23,32-34,37,41,46,55,68H,6-7,12-13,18-20,22,24-31,35-36,38-40H2,1-2H3,(H,67,69)(H,71,80)(H,70,78,81). The van der Waals surface area contributed by atoms with Gasteiger partial charge in [0, 0.05) is 110 Å². The number of nitrogens with zero attached hydrogens (tertiary/aromatic N) is 7. The van der Waals surface area contributed by atoms with E-state index in [1.165, 1.54) is 46.0 Å². The van der Waals surface area contributed by atoms with Crippen LogP contribution in [0.1, 0.15) is 103 Å². The molecule has 4 aliphatic heterocycles. The molecule has 12 rings (SSSR count). The number of carbonyl (C=O) groups is 5. The molecule has 1 atom stereocenters. The minimum Gasteiger partial charge on any atom is -0.491 e. The van der Waals surface area contributed by atoms with Gasteiger partial charge in [-0.3, -0.25) is 49.2 Å². The monoisotopic (exact) mass is 1250 g/mol. The average molecular weight is 1250 g/mol. The van der Waals surface area contributed by atoms with E-state index in [9.17, 15) is 42.5 Å². The number of ether oxygens (including phenoxy) is 2. The molecule has 0 radical (unpaired) electrons. The van der Waals surface area contributed by atoms with Crippen LogP contribution >= 0.6 is 11.6 Å². The minimum absolute atomic E-state index is 0.0101. The summed E-state index contributed by atoms with van der Waals surface area (Å²) in [5.41, 5.74) is 6.43. The Morgan fingerprint density at radius 3 is 2.44 bits per heavy atom. The summed E-state index contributed by atoms with van der Waals surface area (Å²) in [7, 11) is -4.65. The molecule has 6 aromatic rings. The maximum Gasteiger partial charge on any atom is 0.293 e. The lowest BCUT2D eigenvalue weighted by Gasteiger charge is -2.41. The number of anilines is 2. The molecule has 3 saturated heterocycles. The predicted molar refractivity (Wildman–Crippen MR) is 335 cm³/mol. The van der Waals surface area contributed by atoms with Gasteiger partial charge >= 0.3 is 0 Å². The van der Waals surface area contributed by atoms with Crippen molar-refractivity contribution >= 4 is 84.8 Å². The Balaban J connectivity index is 0.637. The largest absolute Gasteiger partial charge is 0.491 e. The molecular formula is C65H72ClN11O11S. The normalized spacial score (nSPS) is 21.0. The van der Waals surface area contributed by atoms with Gasteiger partial charge in [0.1, 0.15) is 41.2 Å². The summed E-state index contributed by atoms with van der Waals surface area (Å²) in [6.07, 6.45) is 10.1. The van der Waals surface area contributed by atoms with E-state index in [1.54, 1.807) is 47.5 Å². The smallest absolute Gasteiger partial charge is 0.293 e. The molecule has 24 heteroatoms. The first-order valence-corrected chi connectivity index (χ1v) is 32.4. The maximum absolute atomic E-state index is 14.2. The van der Waals surface area contributed by atoms with Crippen LogP contribution in [-0.2, 0) is 31.0 Å². The number of aromatic nitrogens is 2. The number of H-pyrrole nitrogens is 1. The van der Waals surface area contributed by atoms with Gasteiger partial charge in [-0.05, 0) is 134 Å². The zero-order chi connectivity index (χ0) is 62.1. The first-order valence-electron chi connectivity index (χ1n) is 30.5. The van der Waals surface area contributed by atoms with Crippen molar-refractivity contribution in [2.24, 2.45) is 11.3 Å². The molecule has 1 saturated carbocycles. The van der Waals surface area contributed by atoms with Gasteiger partial charge in [0.2, 0.25) is 17.7 Å². The maximum atomic E-state index is 14.2. The molecule has 4 aromatic carbocycles. The zero-order valence-electron chi connectivity index (χ0n) is 49.8. The molecular weight excluding hydrogens is 1180 g/mol. The second-order valence-corrected chi connectivity index (χ2v) is 27.0. The number of rotatable bonds is 19. The molecule has 6 heterocycles. The number of halogens is 1. The van der Waals surface area contributed by atoms with Crippen molar-refractivity contribution in [1.82, 2.24) is 39.6 Å². The number of sulfonamides is 1. The molecule has 466 valence electrons. The van der Waals surface area contributed by atoms with Crippen molar-refractivity contribution in [2.75, 3.05) is 82.3 Å². The molecule has 4 N–H and O–H groups in total. The fraction of sp³-hybridized carbons (Fsp3) is 0.415. The third kappa shape index (κ3) is 13.6. The number of fused-ring (bicyclic) bond motifs is 2. The van der Waals surface area contributed by atoms with Crippen molar-refractivity contribution in [2.45, 2.75) is 95.2 Å². The molecule has 0 bridgehead atoms. The van der Waals surface area contributed by atoms with Gasteiger partial charge < -0.3 is 34.5 Å². The van der Waals surface area contributed by atoms with Crippen molar-refractivity contribution < 1.29 is 46.8 Å². The molecule has 1 unspecified atom stereocenters. The summed E-state index contributed by atoms with van der Waals surface area (Å²) >= 11 is 6.28. The lowest BCUT2D eigenvalue weighted by molar-refractivity contribution is -0.384. The van der Waals surface area contributed by atoms with Crippen molar-refractivity contribution in [3.63, 3.8) is 0 Å². The third-order valence-corrected chi connectivity index (χ3v) is 20.0. The number of piperidine rings is 1. The van der Waals surface area contributed by atoms with Crippen LogP contribution in [0.15, 0.2) is 114 Å². The fourth-order valence-corrected chi connectivity index (χ4v) is 14.5. The Kier molecular flexibility index (Phi) is 17.5. The van der Waals surface area contributed by atoms with Gasteiger partial charge in [-0.1, -0.05) is 49.2 Å². The second kappa shape index (κ2) is 25.6. The molecule has 89 heavy (non-hydrogen) atoms. The summed E-state index contributed by atoms with van der Waals surface area (Å²) in [4.78, 5) is 94.3. The van der Waals surface area contributed by atoms with E-state index in [4.69, 9.17) is 21.1 Å². The number of aromatic amines is 1. The number of pyridine rings is 1. The van der Waals surface area contributed by atoms with E-state index in [-0.39, 0.29) is 84.6 Å². The quantitative estimate of drug-likeness (QED) is 0.0335.